The first-order valence-electron chi connectivity index (χ1n) is 8.48. The fourth-order valence-corrected chi connectivity index (χ4v) is 2.53. The Morgan fingerprint density at radius 1 is 0.962 bits per heavy atom. The number of halogens is 1. The molecule has 0 saturated heterocycles. The van der Waals surface area contributed by atoms with Gasteiger partial charge in [0.25, 0.3) is 0 Å². The molecule has 1 heterocycles. The zero-order valence-corrected chi connectivity index (χ0v) is 14.3. The van der Waals surface area contributed by atoms with Gasteiger partial charge in [-0.1, -0.05) is 48.5 Å². The highest BCUT2D eigenvalue weighted by Crippen LogP contribution is 2.13. The van der Waals surface area contributed by atoms with E-state index < -0.39 is 0 Å². The molecule has 0 atom stereocenters. The number of hydrogen-bond acceptors (Lipinski definition) is 3. The SMILES string of the molecule is O=C(CCc1ccccc1)Nc1ccc(NCc2ccccc2F)nc1. The summed E-state index contributed by atoms with van der Waals surface area (Å²) >= 11 is 0. The zero-order valence-electron chi connectivity index (χ0n) is 14.3. The number of hydrogen-bond donors (Lipinski definition) is 2. The van der Waals surface area contributed by atoms with Crippen LogP contribution in [0.25, 0.3) is 0 Å². The van der Waals surface area contributed by atoms with Crippen molar-refractivity contribution in [2.24, 2.45) is 0 Å². The molecule has 0 fully saturated rings. The van der Waals surface area contributed by atoms with E-state index in [1.54, 1.807) is 36.5 Å². The van der Waals surface area contributed by atoms with Gasteiger partial charge in [0.2, 0.25) is 5.91 Å². The fraction of sp³-hybridized carbons (Fsp3) is 0.143. The summed E-state index contributed by atoms with van der Waals surface area (Å²) in [7, 11) is 0. The molecule has 0 aliphatic carbocycles. The smallest absolute Gasteiger partial charge is 0.224 e. The lowest BCUT2D eigenvalue weighted by Crippen LogP contribution is -2.12. The maximum atomic E-state index is 13.6. The number of pyridine rings is 1. The molecule has 5 heteroatoms. The molecule has 1 amide bonds. The number of aromatic nitrogens is 1. The maximum absolute atomic E-state index is 13.6. The van der Waals surface area contributed by atoms with E-state index in [-0.39, 0.29) is 11.7 Å². The predicted molar refractivity (Wildman–Crippen MR) is 101 cm³/mol. The van der Waals surface area contributed by atoms with Gasteiger partial charge in [0.15, 0.2) is 0 Å². The minimum Gasteiger partial charge on any atom is -0.366 e. The number of nitrogens with zero attached hydrogens (tertiary/aromatic N) is 1. The number of rotatable bonds is 7. The minimum absolute atomic E-state index is 0.0530. The van der Waals surface area contributed by atoms with E-state index in [0.717, 1.165) is 5.56 Å². The van der Waals surface area contributed by atoms with E-state index in [2.05, 4.69) is 15.6 Å². The molecular formula is C21H20FN3O. The first-order valence-corrected chi connectivity index (χ1v) is 8.48. The van der Waals surface area contributed by atoms with Crippen molar-refractivity contribution in [1.82, 2.24) is 4.98 Å². The summed E-state index contributed by atoms with van der Waals surface area (Å²) < 4.78 is 13.6. The summed E-state index contributed by atoms with van der Waals surface area (Å²) in [4.78, 5) is 16.3. The van der Waals surface area contributed by atoms with Gasteiger partial charge in [0.05, 0.1) is 11.9 Å². The topological polar surface area (TPSA) is 54.0 Å². The molecule has 0 aliphatic rings. The van der Waals surface area contributed by atoms with Gasteiger partial charge in [-0.3, -0.25) is 4.79 Å². The Kier molecular flexibility index (Phi) is 5.93. The number of nitrogens with one attached hydrogen (secondary N) is 2. The number of aryl methyl sites for hydroxylation is 1. The van der Waals surface area contributed by atoms with Crippen LogP contribution in [-0.2, 0) is 17.8 Å². The van der Waals surface area contributed by atoms with Crippen molar-refractivity contribution in [3.05, 3.63) is 89.9 Å². The molecule has 3 aromatic rings. The fourth-order valence-electron chi connectivity index (χ4n) is 2.53. The van der Waals surface area contributed by atoms with E-state index in [0.29, 0.717) is 36.5 Å². The van der Waals surface area contributed by atoms with Crippen LogP contribution in [0, 0.1) is 5.82 Å². The highest BCUT2D eigenvalue weighted by molar-refractivity contribution is 5.90. The summed E-state index contributed by atoms with van der Waals surface area (Å²) in [5.74, 6) is 0.320. The Bertz CT molecular complexity index is 851. The molecule has 26 heavy (non-hydrogen) atoms. The third kappa shape index (κ3) is 5.14. The summed E-state index contributed by atoms with van der Waals surface area (Å²) in [6.45, 7) is 0.350. The van der Waals surface area contributed by atoms with Crippen molar-refractivity contribution in [3.8, 4) is 0 Å². The number of amides is 1. The molecule has 0 spiro atoms. The molecule has 0 saturated carbocycles. The van der Waals surface area contributed by atoms with Gasteiger partial charge in [0.1, 0.15) is 11.6 Å². The average molecular weight is 349 g/mol. The summed E-state index contributed by atoms with van der Waals surface area (Å²) in [6.07, 6.45) is 2.70. The summed E-state index contributed by atoms with van der Waals surface area (Å²) in [5, 5.41) is 5.90. The first kappa shape index (κ1) is 17.6. The van der Waals surface area contributed by atoms with Gasteiger partial charge in [-0.25, -0.2) is 9.37 Å². The van der Waals surface area contributed by atoms with Crippen molar-refractivity contribution in [2.75, 3.05) is 10.6 Å². The second-order valence-corrected chi connectivity index (χ2v) is 5.91. The van der Waals surface area contributed by atoms with Crippen molar-refractivity contribution in [1.29, 1.82) is 0 Å². The largest absolute Gasteiger partial charge is 0.366 e. The number of benzene rings is 2. The number of carbonyl (C=O) groups excluding carboxylic acids is 1. The second kappa shape index (κ2) is 8.76. The van der Waals surface area contributed by atoms with E-state index in [1.165, 1.54) is 6.07 Å². The molecule has 4 nitrogen and oxygen atoms in total. The summed E-state index contributed by atoms with van der Waals surface area (Å²) in [5.41, 5.74) is 2.35. The highest BCUT2D eigenvalue weighted by atomic mass is 19.1. The van der Waals surface area contributed by atoms with Gasteiger partial charge in [-0.2, -0.15) is 0 Å². The third-order valence-corrected chi connectivity index (χ3v) is 3.95. The Morgan fingerprint density at radius 3 is 2.46 bits per heavy atom. The van der Waals surface area contributed by atoms with Crippen LogP contribution in [-0.4, -0.2) is 10.9 Å². The van der Waals surface area contributed by atoms with Crippen LogP contribution >= 0.6 is 0 Å². The first-order chi connectivity index (χ1) is 12.7. The lowest BCUT2D eigenvalue weighted by Gasteiger charge is -2.08. The third-order valence-electron chi connectivity index (χ3n) is 3.95. The molecule has 0 aliphatic heterocycles. The van der Waals surface area contributed by atoms with Crippen LogP contribution in [0.3, 0.4) is 0 Å². The summed E-state index contributed by atoms with van der Waals surface area (Å²) in [6, 6.07) is 20.0. The van der Waals surface area contributed by atoms with E-state index in [1.807, 2.05) is 30.3 Å². The van der Waals surface area contributed by atoms with Crippen LogP contribution < -0.4 is 10.6 Å². The quantitative estimate of drug-likeness (QED) is 0.664. The van der Waals surface area contributed by atoms with Gasteiger partial charge in [-0.15, -0.1) is 0 Å². The lowest BCUT2D eigenvalue weighted by molar-refractivity contribution is -0.116. The molecule has 0 unspecified atom stereocenters. The van der Waals surface area contributed by atoms with Gasteiger partial charge in [-0.05, 0) is 30.2 Å². The van der Waals surface area contributed by atoms with E-state index in [4.69, 9.17) is 0 Å². The van der Waals surface area contributed by atoms with Gasteiger partial charge in [0, 0.05) is 18.5 Å². The van der Waals surface area contributed by atoms with E-state index in [9.17, 15) is 9.18 Å². The average Bonchev–Trinajstić information content (AvgIpc) is 2.68. The van der Waals surface area contributed by atoms with Crippen molar-refractivity contribution in [2.45, 2.75) is 19.4 Å². The lowest BCUT2D eigenvalue weighted by atomic mass is 10.1. The predicted octanol–water partition coefficient (Wildman–Crippen LogP) is 4.40. The van der Waals surface area contributed by atoms with Crippen LogP contribution in [0.5, 0.6) is 0 Å². The van der Waals surface area contributed by atoms with Crippen molar-refractivity contribution >= 4 is 17.4 Å². The van der Waals surface area contributed by atoms with Crippen molar-refractivity contribution in [3.63, 3.8) is 0 Å². The van der Waals surface area contributed by atoms with Crippen LogP contribution in [0.1, 0.15) is 17.5 Å². The standard InChI is InChI=1S/C21H20FN3O/c22-19-9-5-4-8-17(19)14-23-20-12-11-18(15-24-20)25-21(26)13-10-16-6-2-1-3-7-16/h1-9,11-12,15H,10,13-14H2,(H,23,24)(H,25,26). The zero-order chi connectivity index (χ0) is 18.2. The normalized spacial score (nSPS) is 10.3. The van der Waals surface area contributed by atoms with Gasteiger partial charge < -0.3 is 10.6 Å². The van der Waals surface area contributed by atoms with Crippen molar-refractivity contribution < 1.29 is 9.18 Å². The molecular weight excluding hydrogens is 329 g/mol. The van der Waals surface area contributed by atoms with Crippen LogP contribution in [0.2, 0.25) is 0 Å². The Balaban J connectivity index is 1.48. The Labute approximate surface area is 152 Å². The van der Waals surface area contributed by atoms with Gasteiger partial charge >= 0.3 is 0 Å². The molecule has 2 N–H and O–H groups in total. The molecule has 3 rings (SSSR count). The molecule has 1 aromatic heterocycles. The maximum Gasteiger partial charge on any atom is 0.224 e. The highest BCUT2D eigenvalue weighted by Gasteiger charge is 2.05. The second-order valence-electron chi connectivity index (χ2n) is 5.91. The number of anilines is 2. The molecule has 0 bridgehead atoms. The number of carbonyl (C=O) groups is 1. The minimum atomic E-state index is -0.248. The van der Waals surface area contributed by atoms with Crippen LogP contribution in [0.4, 0.5) is 15.9 Å². The molecule has 132 valence electrons. The monoisotopic (exact) mass is 349 g/mol. The van der Waals surface area contributed by atoms with E-state index >= 15 is 0 Å². The molecule has 0 radical (unpaired) electrons. The molecule has 2 aromatic carbocycles. The van der Waals surface area contributed by atoms with Crippen LogP contribution in [0.15, 0.2) is 72.9 Å². The Morgan fingerprint density at radius 2 is 1.73 bits per heavy atom. The Hall–Kier alpha value is -3.21.